The lowest BCUT2D eigenvalue weighted by Crippen LogP contribution is -2.27. The van der Waals surface area contributed by atoms with Gasteiger partial charge < -0.3 is 15.5 Å². The molecule has 0 unspecified atom stereocenters. The van der Waals surface area contributed by atoms with Crippen LogP contribution in [0.3, 0.4) is 0 Å². The van der Waals surface area contributed by atoms with E-state index in [0.717, 1.165) is 24.2 Å². The maximum Gasteiger partial charge on any atom is 0.270 e. The van der Waals surface area contributed by atoms with Crippen molar-refractivity contribution in [2.24, 2.45) is 0 Å². The van der Waals surface area contributed by atoms with E-state index in [4.69, 9.17) is 11.6 Å². The minimum atomic E-state index is -0.199. The van der Waals surface area contributed by atoms with Crippen LogP contribution in [0.25, 0.3) is 0 Å². The van der Waals surface area contributed by atoms with Crippen LogP contribution in [0, 0.1) is 6.92 Å². The second kappa shape index (κ2) is 9.34. The van der Waals surface area contributed by atoms with Crippen molar-refractivity contribution in [2.45, 2.75) is 13.3 Å². The first-order chi connectivity index (χ1) is 11.9. The molecule has 25 heavy (non-hydrogen) atoms. The molecule has 0 radical (unpaired) electrons. The molecule has 0 saturated carbocycles. The molecule has 7 heteroatoms. The number of aryl methyl sites for hydroxylation is 1. The Kier molecular flexibility index (Phi) is 7.16. The van der Waals surface area contributed by atoms with Crippen LogP contribution in [0.4, 0.5) is 5.95 Å². The Labute approximate surface area is 153 Å². The van der Waals surface area contributed by atoms with Crippen molar-refractivity contribution < 1.29 is 4.79 Å². The number of carbonyl (C=O) groups excluding carboxylic acids is 1. The molecule has 1 amide bonds. The Hall–Kier alpha value is -2.18. The molecule has 0 aliphatic rings. The zero-order valence-electron chi connectivity index (χ0n) is 14.8. The van der Waals surface area contributed by atoms with Gasteiger partial charge >= 0.3 is 0 Å². The summed E-state index contributed by atoms with van der Waals surface area (Å²) in [5.41, 5.74) is 2.25. The highest BCUT2D eigenvalue weighted by Crippen LogP contribution is 2.10. The van der Waals surface area contributed by atoms with Crippen LogP contribution in [0.1, 0.15) is 21.7 Å². The molecule has 0 aliphatic carbocycles. The Morgan fingerprint density at radius 1 is 1.16 bits per heavy atom. The van der Waals surface area contributed by atoms with Crippen molar-refractivity contribution in [1.82, 2.24) is 20.2 Å². The van der Waals surface area contributed by atoms with Gasteiger partial charge in [-0.05, 0) is 51.2 Å². The van der Waals surface area contributed by atoms with Crippen LogP contribution in [-0.2, 0) is 6.42 Å². The van der Waals surface area contributed by atoms with Crippen LogP contribution in [0.15, 0.2) is 30.3 Å². The number of amides is 1. The average molecular weight is 362 g/mol. The van der Waals surface area contributed by atoms with E-state index in [1.807, 2.05) is 45.3 Å². The van der Waals surface area contributed by atoms with Crippen molar-refractivity contribution in [3.63, 3.8) is 0 Å². The summed E-state index contributed by atoms with van der Waals surface area (Å²) >= 11 is 5.87. The molecule has 6 nitrogen and oxygen atoms in total. The van der Waals surface area contributed by atoms with E-state index in [1.54, 1.807) is 6.07 Å². The predicted molar refractivity (Wildman–Crippen MR) is 101 cm³/mol. The lowest BCUT2D eigenvalue weighted by Gasteiger charge is -2.11. The number of hydrogen-bond donors (Lipinski definition) is 2. The van der Waals surface area contributed by atoms with E-state index in [9.17, 15) is 4.79 Å². The molecule has 1 heterocycles. The summed E-state index contributed by atoms with van der Waals surface area (Å²) in [5.74, 6) is 0.278. The van der Waals surface area contributed by atoms with E-state index in [0.29, 0.717) is 29.8 Å². The fourth-order valence-electron chi connectivity index (χ4n) is 2.22. The molecule has 0 fully saturated rings. The molecule has 0 atom stereocenters. The fourth-order valence-corrected chi connectivity index (χ4v) is 2.34. The number of carbonyl (C=O) groups is 1. The minimum Gasteiger partial charge on any atom is -0.353 e. The van der Waals surface area contributed by atoms with Crippen molar-refractivity contribution in [3.05, 3.63) is 52.3 Å². The Morgan fingerprint density at radius 2 is 1.88 bits per heavy atom. The van der Waals surface area contributed by atoms with Gasteiger partial charge in [-0.25, -0.2) is 9.97 Å². The van der Waals surface area contributed by atoms with E-state index in [1.165, 1.54) is 0 Å². The Morgan fingerprint density at radius 3 is 2.56 bits per heavy atom. The van der Waals surface area contributed by atoms with Gasteiger partial charge in [0.05, 0.1) is 0 Å². The molecule has 134 valence electrons. The zero-order chi connectivity index (χ0) is 18.2. The number of hydrogen-bond acceptors (Lipinski definition) is 5. The minimum absolute atomic E-state index is 0.199. The normalized spacial score (nSPS) is 10.8. The third kappa shape index (κ3) is 6.68. The number of halogens is 1. The average Bonchev–Trinajstić information content (AvgIpc) is 2.55. The van der Waals surface area contributed by atoms with Crippen LogP contribution >= 0.6 is 11.6 Å². The van der Waals surface area contributed by atoms with Crippen molar-refractivity contribution in [2.75, 3.05) is 39.0 Å². The quantitative estimate of drug-likeness (QED) is 0.755. The van der Waals surface area contributed by atoms with Crippen LogP contribution in [-0.4, -0.2) is 54.5 Å². The number of nitrogens with one attached hydrogen (secondary N) is 2. The van der Waals surface area contributed by atoms with Gasteiger partial charge in [-0.1, -0.05) is 23.7 Å². The van der Waals surface area contributed by atoms with Gasteiger partial charge in [0.15, 0.2) is 0 Å². The summed E-state index contributed by atoms with van der Waals surface area (Å²) in [6.07, 6.45) is 0.737. The summed E-state index contributed by atoms with van der Waals surface area (Å²) in [6, 6.07) is 9.29. The van der Waals surface area contributed by atoms with Gasteiger partial charge in [0.1, 0.15) is 5.69 Å². The maximum absolute atomic E-state index is 12.3. The molecule has 0 spiro atoms. The molecule has 2 N–H and O–H groups in total. The summed E-state index contributed by atoms with van der Waals surface area (Å²) in [4.78, 5) is 23.0. The summed E-state index contributed by atoms with van der Waals surface area (Å²) in [7, 11) is 4.00. The first-order valence-corrected chi connectivity index (χ1v) is 8.59. The van der Waals surface area contributed by atoms with Gasteiger partial charge in [-0.3, -0.25) is 4.79 Å². The first kappa shape index (κ1) is 19.1. The van der Waals surface area contributed by atoms with Gasteiger partial charge in [-0.15, -0.1) is 0 Å². The monoisotopic (exact) mass is 361 g/mol. The van der Waals surface area contributed by atoms with Crippen molar-refractivity contribution in [3.8, 4) is 0 Å². The van der Waals surface area contributed by atoms with Gasteiger partial charge in [0.25, 0.3) is 5.91 Å². The molecule has 0 saturated heterocycles. The van der Waals surface area contributed by atoms with E-state index < -0.39 is 0 Å². The molecular weight excluding hydrogens is 338 g/mol. The molecule has 0 aliphatic heterocycles. The SMILES string of the molecule is Cc1cc(C(=O)NCCc2ccc(Cl)cc2)nc(NCCN(C)C)n1. The second-order valence-corrected chi connectivity index (χ2v) is 6.52. The lowest BCUT2D eigenvalue weighted by atomic mass is 10.1. The number of likely N-dealkylation sites (N-methyl/N-ethyl adjacent to an activating group) is 1. The number of anilines is 1. The number of rotatable bonds is 8. The zero-order valence-corrected chi connectivity index (χ0v) is 15.6. The molecule has 2 aromatic rings. The number of benzene rings is 1. The largest absolute Gasteiger partial charge is 0.353 e. The third-order valence-corrected chi connectivity index (χ3v) is 3.79. The standard InChI is InChI=1S/C18H24ClN5O/c1-13-12-16(23-18(22-13)21-10-11-24(2)3)17(25)20-9-8-14-4-6-15(19)7-5-14/h4-7,12H,8-11H2,1-3H3,(H,20,25)(H,21,22,23). The lowest BCUT2D eigenvalue weighted by molar-refractivity contribution is 0.0949. The fraction of sp³-hybridized carbons (Fsp3) is 0.389. The van der Waals surface area contributed by atoms with E-state index in [-0.39, 0.29) is 5.91 Å². The first-order valence-electron chi connectivity index (χ1n) is 8.21. The predicted octanol–water partition coefficient (Wildman–Crippen LogP) is 2.38. The third-order valence-electron chi connectivity index (χ3n) is 3.54. The Bertz CT molecular complexity index is 703. The van der Waals surface area contributed by atoms with Gasteiger partial charge in [0.2, 0.25) is 5.95 Å². The molecular formula is C18H24ClN5O. The highest BCUT2D eigenvalue weighted by molar-refractivity contribution is 6.30. The van der Waals surface area contributed by atoms with Gasteiger partial charge in [-0.2, -0.15) is 0 Å². The summed E-state index contributed by atoms with van der Waals surface area (Å²) in [5, 5.41) is 6.74. The van der Waals surface area contributed by atoms with Gasteiger partial charge in [0, 0.05) is 30.4 Å². The molecule has 2 rings (SSSR count). The van der Waals surface area contributed by atoms with Crippen LogP contribution in [0.5, 0.6) is 0 Å². The number of aromatic nitrogens is 2. The maximum atomic E-state index is 12.3. The second-order valence-electron chi connectivity index (χ2n) is 6.08. The van der Waals surface area contributed by atoms with Crippen LogP contribution < -0.4 is 10.6 Å². The molecule has 0 bridgehead atoms. The number of nitrogens with zero attached hydrogens (tertiary/aromatic N) is 3. The Balaban J connectivity index is 1.89. The highest BCUT2D eigenvalue weighted by Gasteiger charge is 2.10. The topological polar surface area (TPSA) is 70.2 Å². The van der Waals surface area contributed by atoms with E-state index >= 15 is 0 Å². The smallest absolute Gasteiger partial charge is 0.270 e. The van der Waals surface area contributed by atoms with Crippen molar-refractivity contribution in [1.29, 1.82) is 0 Å². The van der Waals surface area contributed by atoms with Crippen LogP contribution in [0.2, 0.25) is 5.02 Å². The molecule has 1 aromatic heterocycles. The summed E-state index contributed by atoms with van der Waals surface area (Å²) < 4.78 is 0. The van der Waals surface area contributed by atoms with E-state index in [2.05, 4.69) is 25.5 Å². The summed E-state index contributed by atoms with van der Waals surface area (Å²) in [6.45, 7) is 3.96. The highest BCUT2D eigenvalue weighted by atomic mass is 35.5. The molecule has 1 aromatic carbocycles. The van der Waals surface area contributed by atoms with Crippen molar-refractivity contribution >= 4 is 23.5 Å².